The number of oxazole rings is 2. The second kappa shape index (κ2) is 33.6. The van der Waals surface area contributed by atoms with E-state index in [2.05, 4.69) is 95.3 Å². The lowest BCUT2D eigenvalue weighted by molar-refractivity contribution is 0.00578. The number of aromatic nitrogens is 2. The zero-order valence-corrected chi connectivity index (χ0v) is 67.1. The maximum absolute atomic E-state index is 6.49. The van der Waals surface area contributed by atoms with Gasteiger partial charge in [-0.3, -0.25) is 0 Å². The van der Waals surface area contributed by atoms with Crippen LogP contribution in [0, 0.1) is 13.8 Å². The fourth-order valence-corrected chi connectivity index (χ4v) is 12.7. The number of hydrogen-bond acceptors (Lipinski definition) is 16. The Labute approximate surface area is 625 Å². The molecule has 5 fully saturated rings. The molecule has 0 radical (unpaired) electrons. The van der Waals surface area contributed by atoms with Crippen LogP contribution in [0.5, 0.6) is 11.5 Å². The van der Waals surface area contributed by atoms with Gasteiger partial charge < -0.3 is 65.5 Å². The SMILES string of the molecule is CC(C)Oc1ccc(B2OC(C)(C)C(C)(C)O2)cc1Cl.CC(C)Oc1ccc(Br)cc1Cl.CC1(C)OB(c2ccc(N3CCOCC3)c(Cl)c2)OC1(C)C.Cc1nc2ccc(B3OC(C)(C)C(C)(C)O3)cc2o1.Cc1nc2ccc(Br)cc2o1.Clc1cc(Br)ccc1N1CCOCC1. The smallest absolute Gasteiger partial charge is 0.489 e. The number of ether oxygens (including phenoxy) is 4. The number of anilines is 2. The monoisotopic (exact) mass is 1610 g/mol. The lowest BCUT2D eigenvalue weighted by Crippen LogP contribution is -2.41. The van der Waals surface area contributed by atoms with Crippen LogP contribution in [-0.4, -0.2) is 130 Å². The minimum absolute atomic E-state index is 0.0928. The van der Waals surface area contributed by atoms with Gasteiger partial charge in [0.05, 0.1) is 104 Å². The summed E-state index contributed by atoms with van der Waals surface area (Å²) in [5, 5.41) is 2.74. The Morgan fingerprint density at radius 3 is 1.08 bits per heavy atom. The Morgan fingerprint density at radius 2 is 0.694 bits per heavy atom. The summed E-state index contributed by atoms with van der Waals surface area (Å²) in [5.74, 6) is 2.79. The summed E-state index contributed by atoms with van der Waals surface area (Å²) in [6.07, 6.45) is 0.249. The summed E-state index contributed by atoms with van der Waals surface area (Å²) in [7, 11) is -1.13. The molecule has 0 atom stereocenters. The Bertz CT molecular complexity index is 3930. The lowest BCUT2D eigenvalue weighted by Gasteiger charge is -2.32. The van der Waals surface area contributed by atoms with E-state index in [1.165, 1.54) is 0 Å². The minimum Gasteiger partial charge on any atom is -0.489 e. The Kier molecular flexibility index (Phi) is 27.3. The van der Waals surface area contributed by atoms with Crippen molar-refractivity contribution >= 4 is 166 Å². The first kappa shape index (κ1) is 79.6. The summed E-state index contributed by atoms with van der Waals surface area (Å²) < 4.78 is 71.8. The number of morpholine rings is 2. The van der Waals surface area contributed by atoms with Gasteiger partial charge in [-0.2, -0.15) is 0 Å². The van der Waals surface area contributed by atoms with Crippen molar-refractivity contribution in [3.63, 3.8) is 0 Å². The Hall–Kier alpha value is -4.07. The summed E-state index contributed by atoms with van der Waals surface area (Å²) in [5.41, 5.74) is 6.30. The highest BCUT2D eigenvalue weighted by molar-refractivity contribution is 9.11. The van der Waals surface area contributed by atoms with Gasteiger partial charge in [0.15, 0.2) is 22.9 Å². The average Bonchev–Trinajstić information content (AvgIpc) is 1.63. The van der Waals surface area contributed by atoms with Gasteiger partial charge in [-0.05, 0) is 218 Å². The number of hydrogen-bond donors (Lipinski definition) is 0. The molecule has 0 N–H and O–H groups in total. The third-order valence-corrected chi connectivity index (χ3v) is 20.4. The fraction of sp³-hybridized carbons (Fsp3) is 0.472. The summed E-state index contributed by atoms with van der Waals surface area (Å²) in [4.78, 5) is 13.0. The van der Waals surface area contributed by atoms with E-state index in [-0.39, 0.29) is 60.1 Å². The molecular weight excluding hydrogens is 1530 g/mol. The van der Waals surface area contributed by atoms with E-state index in [0.29, 0.717) is 27.6 Å². The van der Waals surface area contributed by atoms with Crippen molar-refractivity contribution in [2.45, 2.75) is 170 Å². The van der Waals surface area contributed by atoms with Crippen molar-refractivity contribution in [3.05, 3.63) is 154 Å². The zero-order valence-electron chi connectivity index (χ0n) is 59.3. The quantitative estimate of drug-likeness (QED) is 0.126. The maximum atomic E-state index is 6.49. The largest absolute Gasteiger partial charge is 0.494 e. The highest BCUT2D eigenvalue weighted by Gasteiger charge is 2.54. The van der Waals surface area contributed by atoms with E-state index in [1.807, 2.05) is 206 Å². The van der Waals surface area contributed by atoms with Crippen LogP contribution < -0.4 is 35.7 Å². The molecule has 98 heavy (non-hydrogen) atoms. The van der Waals surface area contributed by atoms with Gasteiger partial charge in [0.1, 0.15) is 22.5 Å². The molecule has 0 aliphatic carbocycles. The van der Waals surface area contributed by atoms with Gasteiger partial charge >= 0.3 is 21.4 Å². The topological polar surface area (TPSA) is 151 Å². The molecule has 5 aliphatic heterocycles. The first-order valence-electron chi connectivity index (χ1n) is 32.8. The van der Waals surface area contributed by atoms with Crippen LogP contribution in [0.15, 0.2) is 131 Å². The second-order valence-corrected chi connectivity index (χ2v) is 32.0. The maximum Gasteiger partial charge on any atom is 0.494 e. The number of rotatable bonds is 9. The number of aryl methyl sites for hydroxylation is 2. The Morgan fingerprint density at radius 1 is 0.398 bits per heavy atom. The van der Waals surface area contributed by atoms with E-state index in [4.69, 9.17) is 102 Å². The van der Waals surface area contributed by atoms with Gasteiger partial charge in [-0.15, -0.1) is 0 Å². The first-order chi connectivity index (χ1) is 45.8. The van der Waals surface area contributed by atoms with Crippen LogP contribution in [0.4, 0.5) is 11.4 Å². The summed E-state index contributed by atoms with van der Waals surface area (Å²) >= 11 is 34.9. The predicted octanol–water partition coefficient (Wildman–Crippen LogP) is 18.1. The summed E-state index contributed by atoms with van der Waals surface area (Å²) in [6, 6.07) is 34.9. The third-order valence-electron chi connectivity index (χ3n) is 17.7. The first-order valence-corrected chi connectivity index (χ1v) is 36.7. The average molecular weight is 1620 g/mol. The van der Waals surface area contributed by atoms with Crippen molar-refractivity contribution in [1.29, 1.82) is 0 Å². The molecule has 0 unspecified atom stereocenters. The highest BCUT2D eigenvalue weighted by Crippen LogP contribution is 2.40. The third kappa shape index (κ3) is 20.9. The van der Waals surface area contributed by atoms with E-state index in [1.54, 1.807) is 0 Å². The van der Waals surface area contributed by atoms with Crippen LogP contribution in [0.25, 0.3) is 22.2 Å². The van der Waals surface area contributed by atoms with E-state index in [0.717, 1.165) is 132 Å². The van der Waals surface area contributed by atoms with Crippen molar-refractivity contribution in [2.24, 2.45) is 0 Å². The van der Waals surface area contributed by atoms with Crippen LogP contribution in [0.3, 0.4) is 0 Å². The molecule has 5 aliphatic rings. The Balaban J connectivity index is 0.000000152. The molecule has 528 valence electrons. The number of halogens is 7. The summed E-state index contributed by atoms with van der Waals surface area (Å²) in [6.45, 7) is 42.7. The number of nitrogens with zero attached hydrogens (tertiary/aromatic N) is 4. The molecule has 0 amide bonds. The lowest BCUT2D eigenvalue weighted by atomic mass is 9.79. The molecule has 8 aromatic rings. The molecule has 0 spiro atoms. The van der Waals surface area contributed by atoms with Crippen LogP contribution >= 0.6 is 94.2 Å². The molecular formula is C72H90B3Br3Cl4N4O12. The molecule has 0 saturated carbocycles. The van der Waals surface area contributed by atoms with Gasteiger partial charge in [0.25, 0.3) is 0 Å². The molecule has 6 aromatic carbocycles. The van der Waals surface area contributed by atoms with Gasteiger partial charge in [0, 0.05) is 53.4 Å². The van der Waals surface area contributed by atoms with Crippen molar-refractivity contribution in [3.8, 4) is 11.5 Å². The van der Waals surface area contributed by atoms with E-state index >= 15 is 0 Å². The van der Waals surface area contributed by atoms with Crippen LogP contribution in [-0.2, 0) is 37.4 Å². The predicted molar refractivity (Wildman–Crippen MR) is 411 cm³/mol. The van der Waals surface area contributed by atoms with Gasteiger partial charge in [-0.1, -0.05) is 112 Å². The van der Waals surface area contributed by atoms with Gasteiger partial charge in [-0.25, -0.2) is 9.97 Å². The fourth-order valence-electron chi connectivity index (χ4n) is 10.3. The van der Waals surface area contributed by atoms with E-state index < -0.39 is 7.12 Å². The molecule has 26 heteroatoms. The van der Waals surface area contributed by atoms with E-state index in [9.17, 15) is 0 Å². The van der Waals surface area contributed by atoms with Crippen LogP contribution in [0.2, 0.25) is 20.1 Å². The highest BCUT2D eigenvalue weighted by atomic mass is 79.9. The van der Waals surface area contributed by atoms with Crippen molar-refractivity contribution < 1.29 is 55.7 Å². The molecule has 16 nitrogen and oxygen atoms in total. The normalized spacial score (nSPS) is 18.6. The number of benzene rings is 6. The minimum atomic E-state index is -0.398. The van der Waals surface area contributed by atoms with Crippen molar-refractivity contribution in [2.75, 3.05) is 62.4 Å². The second-order valence-electron chi connectivity index (χ2n) is 27.7. The molecule has 13 rings (SSSR count). The van der Waals surface area contributed by atoms with Crippen molar-refractivity contribution in [1.82, 2.24) is 9.97 Å². The van der Waals surface area contributed by atoms with Gasteiger partial charge in [0.2, 0.25) is 0 Å². The molecule has 0 bridgehead atoms. The van der Waals surface area contributed by atoms with Crippen LogP contribution in [0.1, 0.15) is 123 Å². The molecule has 7 heterocycles. The molecule has 2 aromatic heterocycles. The molecule has 5 saturated heterocycles. The number of fused-ring (bicyclic) bond motifs is 2. The standard InChI is InChI=1S/C16H23BClNO3.C15H22BClO3.C14H18BNO3.C10H11BrClNO.C9H10BrClO.C8H6BrNO/c1-15(2)16(3,4)22-17(21-15)12-5-6-14(13(18)11-12)19-7-9-20-10-8-19;1-10(2)18-13-8-7-11(9-12(13)17)16-19-14(3,4)15(5,6)20-16;1-9-16-11-7-6-10(8-12(11)17-9)15-18-13(2,3)14(4,5)19-15;11-8-1-2-10(9(12)7-8)13-3-5-14-6-4-13;1-6(2)12-9-4-3-7(10)5-8(9)11;1-5-10-7-3-2-6(9)4-8(7)11-5/h5-6,11H,7-10H2,1-4H3;7-10H,1-6H3;6-8H,1-5H3;1-2,7H,3-6H2;3-6H,1-2H3;2-4H,1H3. The zero-order chi connectivity index (χ0) is 71.9.